The molecule has 0 spiro atoms. The summed E-state index contributed by atoms with van der Waals surface area (Å²) >= 11 is 1.22. The lowest BCUT2D eigenvalue weighted by Crippen LogP contribution is -1.80. The first-order valence-electron chi connectivity index (χ1n) is 2.87. The smallest absolute Gasteiger partial charge is 0.190 e. The molecule has 3 heteroatoms. The molecule has 1 aromatic heterocycles. The number of carbonyl (C=O) groups is 1. The second kappa shape index (κ2) is 3.37. The first-order valence-corrected chi connectivity index (χ1v) is 3.69. The number of aromatic nitrogens is 1. The van der Waals surface area contributed by atoms with Gasteiger partial charge in [-0.1, -0.05) is 11.8 Å². The van der Waals surface area contributed by atoms with Crippen LogP contribution in [0.1, 0.15) is 6.92 Å². The van der Waals surface area contributed by atoms with Crippen LogP contribution < -0.4 is 0 Å². The van der Waals surface area contributed by atoms with Gasteiger partial charge >= 0.3 is 0 Å². The zero-order valence-electron chi connectivity index (χ0n) is 5.57. The normalized spacial score (nSPS) is 9.30. The van der Waals surface area contributed by atoms with Crippen molar-refractivity contribution in [2.45, 2.75) is 11.8 Å². The number of hydrogen-bond donors (Lipinski definition) is 0. The van der Waals surface area contributed by atoms with Crippen LogP contribution in [0.25, 0.3) is 0 Å². The molecule has 1 aromatic rings. The first kappa shape index (κ1) is 7.28. The predicted molar refractivity (Wildman–Crippen MR) is 40.8 cm³/mol. The van der Waals surface area contributed by atoms with Crippen molar-refractivity contribution >= 4 is 16.9 Å². The number of thioether (sulfide) groups is 1. The van der Waals surface area contributed by atoms with Gasteiger partial charge in [-0.05, 0) is 12.1 Å². The number of carbonyl (C=O) groups excluding carboxylic acids is 1. The van der Waals surface area contributed by atoms with Crippen molar-refractivity contribution in [3.63, 3.8) is 0 Å². The standard InChI is InChI=1S/C7H7NOS/c1-6(9)10-7-2-4-8-5-3-7/h2-5H,1H3. The highest BCUT2D eigenvalue weighted by Crippen LogP contribution is 2.15. The van der Waals surface area contributed by atoms with Crippen LogP contribution in [0.2, 0.25) is 0 Å². The van der Waals surface area contributed by atoms with E-state index < -0.39 is 0 Å². The summed E-state index contributed by atoms with van der Waals surface area (Å²) in [4.78, 5) is 15.3. The molecule has 0 aliphatic heterocycles. The van der Waals surface area contributed by atoms with E-state index in [1.807, 2.05) is 12.1 Å². The maximum absolute atomic E-state index is 10.6. The van der Waals surface area contributed by atoms with Gasteiger partial charge in [0.15, 0.2) is 5.12 Å². The Labute approximate surface area is 63.7 Å². The van der Waals surface area contributed by atoms with Gasteiger partial charge in [0.1, 0.15) is 0 Å². The summed E-state index contributed by atoms with van der Waals surface area (Å²) in [6.07, 6.45) is 3.34. The number of hydrogen-bond acceptors (Lipinski definition) is 3. The fourth-order valence-electron chi connectivity index (χ4n) is 0.572. The lowest BCUT2D eigenvalue weighted by atomic mass is 10.5. The van der Waals surface area contributed by atoms with Crippen molar-refractivity contribution in [1.82, 2.24) is 4.98 Å². The Balaban J connectivity index is 2.67. The minimum Gasteiger partial charge on any atom is -0.287 e. The first-order chi connectivity index (χ1) is 4.79. The van der Waals surface area contributed by atoms with E-state index in [2.05, 4.69) is 4.98 Å². The molecule has 0 fully saturated rings. The summed E-state index contributed by atoms with van der Waals surface area (Å²) < 4.78 is 0. The lowest BCUT2D eigenvalue weighted by molar-refractivity contribution is -0.109. The van der Waals surface area contributed by atoms with E-state index in [9.17, 15) is 4.79 Å². The molecule has 0 radical (unpaired) electrons. The van der Waals surface area contributed by atoms with E-state index in [1.165, 1.54) is 11.8 Å². The largest absolute Gasteiger partial charge is 0.287 e. The minimum atomic E-state index is 0.103. The highest BCUT2D eigenvalue weighted by atomic mass is 32.2. The maximum atomic E-state index is 10.6. The zero-order chi connectivity index (χ0) is 7.40. The van der Waals surface area contributed by atoms with Gasteiger partial charge in [0.25, 0.3) is 0 Å². The monoisotopic (exact) mass is 153 g/mol. The van der Waals surface area contributed by atoms with Gasteiger partial charge in [-0.2, -0.15) is 0 Å². The van der Waals surface area contributed by atoms with Crippen molar-refractivity contribution in [3.05, 3.63) is 24.5 Å². The molecule has 0 aliphatic rings. The molecule has 0 amide bonds. The third-order valence-corrected chi connectivity index (χ3v) is 1.71. The lowest BCUT2D eigenvalue weighted by Gasteiger charge is -1.92. The topological polar surface area (TPSA) is 30.0 Å². The molecule has 10 heavy (non-hydrogen) atoms. The summed E-state index contributed by atoms with van der Waals surface area (Å²) in [5.74, 6) is 0. The van der Waals surface area contributed by atoms with Gasteiger partial charge in [0.2, 0.25) is 0 Å². The van der Waals surface area contributed by atoms with E-state index in [1.54, 1.807) is 19.3 Å². The van der Waals surface area contributed by atoms with E-state index in [-0.39, 0.29) is 5.12 Å². The zero-order valence-corrected chi connectivity index (χ0v) is 6.39. The van der Waals surface area contributed by atoms with Gasteiger partial charge in [0.05, 0.1) is 0 Å². The van der Waals surface area contributed by atoms with Crippen LogP contribution in [0.5, 0.6) is 0 Å². The van der Waals surface area contributed by atoms with Crippen molar-refractivity contribution in [1.29, 1.82) is 0 Å². The molecule has 0 unspecified atom stereocenters. The molecule has 0 saturated carbocycles. The Hall–Kier alpha value is -0.830. The van der Waals surface area contributed by atoms with Crippen LogP contribution >= 0.6 is 11.8 Å². The van der Waals surface area contributed by atoms with Crippen LogP contribution in [0.3, 0.4) is 0 Å². The molecule has 52 valence electrons. The summed E-state index contributed by atoms with van der Waals surface area (Å²) in [7, 11) is 0. The summed E-state index contributed by atoms with van der Waals surface area (Å²) in [5, 5.41) is 0.103. The highest BCUT2D eigenvalue weighted by molar-refractivity contribution is 8.13. The number of pyridine rings is 1. The van der Waals surface area contributed by atoms with Gasteiger partial charge in [-0.15, -0.1) is 0 Å². The molecule has 1 rings (SSSR count). The Morgan fingerprint density at radius 3 is 2.60 bits per heavy atom. The minimum absolute atomic E-state index is 0.103. The molecular formula is C7H7NOS. The van der Waals surface area contributed by atoms with Crippen molar-refractivity contribution in [2.24, 2.45) is 0 Å². The molecule has 0 aromatic carbocycles. The second-order valence-electron chi connectivity index (χ2n) is 1.78. The average molecular weight is 153 g/mol. The Kier molecular flexibility index (Phi) is 2.45. The van der Waals surface area contributed by atoms with Crippen LogP contribution in [-0.2, 0) is 4.79 Å². The van der Waals surface area contributed by atoms with Gasteiger partial charge < -0.3 is 0 Å². The van der Waals surface area contributed by atoms with Crippen molar-refractivity contribution in [3.8, 4) is 0 Å². The van der Waals surface area contributed by atoms with Gasteiger partial charge in [0, 0.05) is 24.2 Å². The van der Waals surface area contributed by atoms with Crippen LogP contribution in [0.4, 0.5) is 0 Å². The van der Waals surface area contributed by atoms with E-state index in [0.29, 0.717) is 0 Å². The molecular weight excluding hydrogens is 146 g/mol. The predicted octanol–water partition coefficient (Wildman–Crippen LogP) is 1.72. The average Bonchev–Trinajstić information content (AvgIpc) is 1.88. The fraction of sp³-hybridized carbons (Fsp3) is 0.143. The van der Waals surface area contributed by atoms with E-state index >= 15 is 0 Å². The van der Waals surface area contributed by atoms with Crippen LogP contribution in [0, 0.1) is 0 Å². The molecule has 2 nitrogen and oxygen atoms in total. The van der Waals surface area contributed by atoms with Crippen LogP contribution in [-0.4, -0.2) is 10.1 Å². The Morgan fingerprint density at radius 1 is 1.50 bits per heavy atom. The quantitative estimate of drug-likeness (QED) is 0.575. The molecule has 0 atom stereocenters. The Morgan fingerprint density at radius 2 is 2.10 bits per heavy atom. The second-order valence-corrected chi connectivity index (χ2v) is 3.03. The summed E-state index contributed by atoms with van der Waals surface area (Å²) in [5.41, 5.74) is 0. The SMILES string of the molecule is CC(=O)Sc1ccncc1. The molecule has 0 bridgehead atoms. The number of nitrogens with zero attached hydrogens (tertiary/aromatic N) is 1. The van der Waals surface area contributed by atoms with Crippen LogP contribution in [0.15, 0.2) is 29.4 Å². The summed E-state index contributed by atoms with van der Waals surface area (Å²) in [6.45, 7) is 1.55. The highest BCUT2D eigenvalue weighted by Gasteiger charge is 1.94. The molecule has 0 N–H and O–H groups in total. The molecule has 0 aliphatic carbocycles. The maximum Gasteiger partial charge on any atom is 0.190 e. The van der Waals surface area contributed by atoms with E-state index in [0.717, 1.165) is 4.90 Å². The third-order valence-electron chi connectivity index (χ3n) is 0.911. The Bertz CT molecular complexity index is 222. The summed E-state index contributed by atoms with van der Waals surface area (Å²) in [6, 6.07) is 3.62. The molecule has 1 heterocycles. The van der Waals surface area contributed by atoms with Gasteiger partial charge in [-0.25, -0.2) is 0 Å². The van der Waals surface area contributed by atoms with E-state index in [4.69, 9.17) is 0 Å². The number of rotatable bonds is 1. The fourth-order valence-corrected chi connectivity index (χ4v) is 1.16. The van der Waals surface area contributed by atoms with Gasteiger partial charge in [-0.3, -0.25) is 9.78 Å². The third kappa shape index (κ3) is 2.19. The van der Waals surface area contributed by atoms with Crippen molar-refractivity contribution < 1.29 is 4.79 Å². The van der Waals surface area contributed by atoms with Crippen molar-refractivity contribution in [2.75, 3.05) is 0 Å². The molecule has 0 saturated heterocycles.